The molecule has 1 unspecified atom stereocenters. The molecule has 0 radical (unpaired) electrons. The lowest BCUT2D eigenvalue weighted by molar-refractivity contribution is -0.123. The SMILES string of the molecule is N#Cc1cccc(C(C#CC2(O)CCCC2)N2CCC(C(N)=O)CC2)c1. The predicted octanol–water partition coefficient (Wildman–Crippen LogP) is 2.11. The minimum absolute atomic E-state index is 0.0793. The second-order valence-electron chi connectivity index (χ2n) is 7.36. The molecule has 3 N–H and O–H groups in total. The summed E-state index contributed by atoms with van der Waals surface area (Å²) in [4.78, 5) is 13.7. The van der Waals surface area contributed by atoms with Crippen LogP contribution < -0.4 is 5.73 Å². The van der Waals surface area contributed by atoms with Crippen molar-refractivity contribution in [3.05, 3.63) is 35.4 Å². The van der Waals surface area contributed by atoms with E-state index in [9.17, 15) is 15.2 Å². The van der Waals surface area contributed by atoms with Crippen LogP contribution in [0.2, 0.25) is 0 Å². The molecule has 1 saturated carbocycles. The van der Waals surface area contributed by atoms with Crippen molar-refractivity contribution >= 4 is 5.91 Å². The van der Waals surface area contributed by atoms with Gasteiger partial charge in [-0.05, 0) is 56.2 Å². The van der Waals surface area contributed by atoms with E-state index in [1.807, 2.05) is 18.2 Å². The molecule has 0 spiro atoms. The molecule has 0 aromatic heterocycles. The van der Waals surface area contributed by atoms with Crippen LogP contribution in [-0.2, 0) is 4.79 Å². The highest BCUT2D eigenvalue weighted by Crippen LogP contribution is 2.31. The third-order valence-corrected chi connectivity index (χ3v) is 5.50. The zero-order chi connectivity index (χ0) is 18.6. The first-order valence-electron chi connectivity index (χ1n) is 9.29. The van der Waals surface area contributed by atoms with Gasteiger partial charge in [-0.3, -0.25) is 9.69 Å². The number of carbonyl (C=O) groups is 1. The molecule has 1 saturated heterocycles. The highest BCUT2D eigenvalue weighted by Gasteiger charge is 2.31. The molecule has 1 aromatic carbocycles. The Hall–Kier alpha value is -2.34. The summed E-state index contributed by atoms with van der Waals surface area (Å²) < 4.78 is 0. The van der Waals surface area contributed by atoms with Crippen molar-refractivity contribution < 1.29 is 9.90 Å². The van der Waals surface area contributed by atoms with Crippen LogP contribution in [-0.4, -0.2) is 34.6 Å². The monoisotopic (exact) mass is 351 g/mol. The fraction of sp³-hybridized carbons (Fsp3) is 0.524. The van der Waals surface area contributed by atoms with Gasteiger partial charge in [0, 0.05) is 19.0 Å². The van der Waals surface area contributed by atoms with Gasteiger partial charge in [0.2, 0.25) is 5.91 Å². The molecule has 1 amide bonds. The average Bonchev–Trinajstić information content (AvgIpc) is 3.09. The van der Waals surface area contributed by atoms with Crippen LogP contribution in [0.4, 0.5) is 0 Å². The van der Waals surface area contributed by atoms with Crippen molar-refractivity contribution in [3.63, 3.8) is 0 Å². The Morgan fingerprint density at radius 1 is 1.31 bits per heavy atom. The maximum atomic E-state index is 11.4. The molecule has 1 aromatic rings. The smallest absolute Gasteiger partial charge is 0.220 e. The summed E-state index contributed by atoms with van der Waals surface area (Å²) in [6.07, 6.45) is 4.88. The highest BCUT2D eigenvalue weighted by atomic mass is 16.3. The number of rotatable bonds is 3. The van der Waals surface area contributed by atoms with Crippen LogP contribution in [0.15, 0.2) is 24.3 Å². The third-order valence-electron chi connectivity index (χ3n) is 5.50. The normalized spacial score (nSPS) is 21.4. The van der Waals surface area contributed by atoms with Gasteiger partial charge in [0.25, 0.3) is 0 Å². The predicted molar refractivity (Wildman–Crippen MR) is 98.6 cm³/mol. The molecule has 2 aliphatic rings. The van der Waals surface area contributed by atoms with E-state index in [2.05, 4.69) is 22.8 Å². The fourth-order valence-corrected chi connectivity index (χ4v) is 3.89. The van der Waals surface area contributed by atoms with Crippen LogP contribution in [0, 0.1) is 29.1 Å². The van der Waals surface area contributed by atoms with Gasteiger partial charge in [0.15, 0.2) is 0 Å². The minimum Gasteiger partial charge on any atom is -0.378 e. The molecule has 26 heavy (non-hydrogen) atoms. The second kappa shape index (κ2) is 7.91. The summed E-state index contributed by atoms with van der Waals surface area (Å²) in [5.74, 6) is 6.08. The van der Waals surface area contributed by atoms with Crippen LogP contribution in [0.3, 0.4) is 0 Å². The summed E-state index contributed by atoms with van der Waals surface area (Å²) in [5, 5.41) is 19.8. The Bertz CT molecular complexity index is 757. The van der Waals surface area contributed by atoms with Crippen molar-refractivity contribution in [1.82, 2.24) is 4.90 Å². The van der Waals surface area contributed by atoms with Crippen molar-refractivity contribution in [2.24, 2.45) is 11.7 Å². The Morgan fingerprint density at radius 2 is 2.00 bits per heavy atom. The van der Waals surface area contributed by atoms with Crippen LogP contribution >= 0.6 is 0 Å². The summed E-state index contributed by atoms with van der Waals surface area (Å²) in [5.41, 5.74) is 6.10. The van der Waals surface area contributed by atoms with Crippen molar-refractivity contribution in [3.8, 4) is 17.9 Å². The van der Waals surface area contributed by atoms with E-state index in [0.717, 1.165) is 44.3 Å². The Balaban J connectivity index is 1.86. The topological polar surface area (TPSA) is 90.3 Å². The lowest BCUT2D eigenvalue weighted by Crippen LogP contribution is -2.40. The summed E-state index contributed by atoms with van der Waals surface area (Å²) in [6, 6.07) is 9.45. The second-order valence-corrected chi connectivity index (χ2v) is 7.36. The van der Waals surface area contributed by atoms with E-state index in [1.54, 1.807) is 6.07 Å². The number of primary amides is 1. The number of amides is 1. The fourth-order valence-electron chi connectivity index (χ4n) is 3.89. The molecular weight excluding hydrogens is 326 g/mol. The number of benzene rings is 1. The molecule has 1 aliphatic heterocycles. The number of piperidine rings is 1. The highest BCUT2D eigenvalue weighted by molar-refractivity contribution is 5.76. The van der Waals surface area contributed by atoms with Gasteiger partial charge < -0.3 is 10.8 Å². The van der Waals surface area contributed by atoms with Crippen molar-refractivity contribution in [2.45, 2.75) is 50.2 Å². The molecule has 1 atom stereocenters. The minimum atomic E-state index is -0.892. The van der Waals surface area contributed by atoms with Crippen LogP contribution in [0.5, 0.6) is 0 Å². The van der Waals surface area contributed by atoms with Gasteiger partial charge in [0.05, 0.1) is 17.7 Å². The first-order chi connectivity index (χ1) is 12.5. The van der Waals surface area contributed by atoms with E-state index in [0.29, 0.717) is 18.4 Å². The van der Waals surface area contributed by atoms with Gasteiger partial charge in [-0.2, -0.15) is 5.26 Å². The molecule has 1 heterocycles. The van der Waals surface area contributed by atoms with Gasteiger partial charge >= 0.3 is 0 Å². The van der Waals surface area contributed by atoms with E-state index < -0.39 is 5.60 Å². The number of likely N-dealkylation sites (tertiary alicyclic amines) is 1. The molecule has 0 bridgehead atoms. The van der Waals surface area contributed by atoms with Crippen molar-refractivity contribution in [1.29, 1.82) is 5.26 Å². The standard InChI is InChI=1S/C21H25N3O2/c22-15-16-4-3-5-18(14-16)19(6-11-21(26)9-1-2-10-21)24-12-7-17(8-13-24)20(23)25/h3-5,14,17,19,26H,1-2,7-10,12-13H2,(H2,23,25). The largest absolute Gasteiger partial charge is 0.378 e. The molecule has 3 rings (SSSR count). The van der Waals surface area contributed by atoms with Crippen LogP contribution in [0.25, 0.3) is 0 Å². The zero-order valence-electron chi connectivity index (χ0n) is 14.9. The van der Waals surface area contributed by atoms with E-state index >= 15 is 0 Å². The quantitative estimate of drug-likeness (QED) is 0.816. The first-order valence-corrected chi connectivity index (χ1v) is 9.29. The number of nitrogens with two attached hydrogens (primary N) is 1. The molecule has 136 valence electrons. The maximum absolute atomic E-state index is 11.4. The number of nitrogens with zero attached hydrogens (tertiary/aromatic N) is 2. The third kappa shape index (κ3) is 4.25. The molecule has 1 aliphatic carbocycles. The summed E-state index contributed by atoms with van der Waals surface area (Å²) in [6.45, 7) is 1.45. The van der Waals surface area contributed by atoms with Gasteiger partial charge in [-0.1, -0.05) is 24.0 Å². The Morgan fingerprint density at radius 3 is 2.62 bits per heavy atom. The molecular formula is C21H25N3O2. The van der Waals surface area contributed by atoms with E-state index in [-0.39, 0.29) is 17.9 Å². The summed E-state index contributed by atoms with van der Waals surface area (Å²) in [7, 11) is 0. The van der Waals surface area contributed by atoms with Crippen molar-refractivity contribution in [2.75, 3.05) is 13.1 Å². The maximum Gasteiger partial charge on any atom is 0.220 e. The average molecular weight is 351 g/mol. The number of hydrogen-bond donors (Lipinski definition) is 2. The number of nitriles is 1. The van der Waals surface area contributed by atoms with Gasteiger partial charge in [-0.15, -0.1) is 0 Å². The first kappa shape index (κ1) is 18.5. The number of aliphatic hydroxyl groups is 1. The number of carbonyl (C=O) groups excluding carboxylic acids is 1. The Labute approximate surface area is 154 Å². The van der Waals surface area contributed by atoms with Gasteiger partial charge in [-0.25, -0.2) is 0 Å². The summed E-state index contributed by atoms with van der Waals surface area (Å²) >= 11 is 0. The zero-order valence-corrected chi connectivity index (χ0v) is 14.9. The van der Waals surface area contributed by atoms with E-state index in [1.165, 1.54) is 0 Å². The lowest BCUT2D eigenvalue weighted by atomic mass is 9.93. The number of hydrogen-bond acceptors (Lipinski definition) is 4. The molecule has 2 fully saturated rings. The van der Waals surface area contributed by atoms with E-state index in [4.69, 9.17) is 5.73 Å². The molecule has 5 nitrogen and oxygen atoms in total. The lowest BCUT2D eigenvalue weighted by Gasteiger charge is -2.34. The molecule has 5 heteroatoms. The van der Waals surface area contributed by atoms with Crippen LogP contribution in [0.1, 0.15) is 55.7 Å². The Kier molecular flexibility index (Phi) is 5.61. The van der Waals surface area contributed by atoms with Gasteiger partial charge in [0.1, 0.15) is 5.60 Å².